The third kappa shape index (κ3) is 5.43. The summed E-state index contributed by atoms with van der Waals surface area (Å²) in [6.45, 7) is 9.88. The first-order valence-corrected chi connectivity index (χ1v) is 13.5. The number of rotatable bonds is 8. The average molecular weight is 535 g/mol. The van der Waals surface area contributed by atoms with Crippen molar-refractivity contribution in [2.24, 2.45) is 0 Å². The molecule has 40 heavy (non-hydrogen) atoms. The molecule has 1 atom stereocenters. The van der Waals surface area contributed by atoms with Gasteiger partial charge in [0.2, 0.25) is 11.8 Å². The number of aromatic nitrogens is 4. The highest BCUT2D eigenvalue weighted by molar-refractivity contribution is 6.02. The van der Waals surface area contributed by atoms with Gasteiger partial charge in [-0.15, -0.1) is 5.10 Å². The molecule has 0 bridgehead atoms. The van der Waals surface area contributed by atoms with E-state index in [2.05, 4.69) is 20.6 Å². The van der Waals surface area contributed by atoms with Gasteiger partial charge < -0.3 is 5.32 Å². The van der Waals surface area contributed by atoms with E-state index in [-0.39, 0.29) is 18.4 Å². The van der Waals surface area contributed by atoms with Gasteiger partial charge in [0.25, 0.3) is 0 Å². The molecule has 5 aromatic rings. The summed E-state index contributed by atoms with van der Waals surface area (Å²) in [5, 5.41) is 12.6. The van der Waals surface area contributed by atoms with Gasteiger partial charge in [-0.1, -0.05) is 54.1 Å². The number of hydrogen-bond donors (Lipinski definition) is 1. The molecule has 0 saturated carbocycles. The van der Waals surface area contributed by atoms with Crippen molar-refractivity contribution in [3.05, 3.63) is 95.7 Å². The van der Waals surface area contributed by atoms with Crippen LogP contribution in [0.3, 0.4) is 0 Å². The number of para-hydroxylation sites is 1. The topological polar surface area (TPSA) is 93.0 Å². The normalized spacial score (nSPS) is 12.4. The van der Waals surface area contributed by atoms with Crippen LogP contribution in [0.2, 0.25) is 0 Å². The van der Waals surface area contributed by atoms with E-state index in [0.717, 1.165) is 34.0 Å². The fraction of sp³-hybridized carbons (Fsp3) is 0.281. The van der Waals surface area contributed by atoms with Crippen molar-refractivity contribution in [3.8, 4) is 0 Å². The number of anilines is 1. The van der Waals surface area contributed by atoms with Gasteiger partial charge in [-0.25, -0.2) is 4.68 Å². The first-order chi connectivity index (χ1) is 19.2. The predicted molar refractivity (Wildman–Crippen MR) is 158 cm³/mol. The Kier molecular flexibility index (Phi) is 7.34. The van der Waals surface area contributed by atoms with Crippen LogP contribution < -0.4 is 10.2 Å². The lowest BCUT2D eigenvalue weighted by Gasteiger charge is -2.35. The van der Waals surface area contributed by atoms with E-state index in [9.17, 15) is 9.59 Å². The summed E-state index contributed by atoms with van der Waals surface area (Å²) in [4.78, 5) is 34.6. The van der Waals surface area contributed by atoms with Crippen LogP contribution in [-0.4, -0.2) is 37.3 Å². The number of fused-ring (bicyclic) bond motifs is 2. The quantitative estimate of drug-likeness (QED) is 0.277. The lowest BCUT2D eigenvalue weighted by atomic mass is 9.96. The van der Waals surface area contributed by atoms with Gasteiger partial charge in [-0.2, -0.15) is 0 Å². The smallest absolute Gasteiger partial charge is 0.249 e. The largest absolute Gasteiger partial charge is 0.349 e. The summed E-state index contributed by atoms with van der Waals surface area (Å²) < 4.78 is 1.59. The number of pyridine rings is 1. The SMILES string of the molecule is CCC(C)(C)NC(=O)C(c1ccc2ncccc2c1)N(C(=O)Cn1nnc2ccccc21)c1ccc(C)cc1C. The van der Waals surface area contributed by atoms with Gasteiger partial charge >= 0.3 is 0 Å². The van der Waals surface area contributed by atoms with Crippen LogP contribution >= 0.6 is 0 Å². The Morgan fingerprint density at radius 1 is 0.975 bits per heavy atom. The maximum Gasteiger partial charge on any atom is 0.249 e. The lowest BCUT2D eigenvalue weighted by molar-refractivity contribution is -0.128. The molecule has 204 valence electrons. The van der Waals surface area contributed by atoms with Crippen molar-refractivity contribution in [2.75, 3.05) is 4.90 Å². The van der Waals surface area contributed by atoms with E-state index in [1.165, 1.54) is 0 Å². The maximum absolute atomic E-state index is 14.4. The van der Waals surface area contributed by atoms with Crippen molar-refractivity contribution in [2.45, 2.75) is 59.2 Å². The molecule has 0 radical (unpaired) electrons. The number of nitrogens with zero attached hydrogens (tertiary/aromatic N) is 5. The first kappa shape index (κ1) is 27.0. The van der Waals surface area contributed by atoms with E-state index in [4.69, 9.17) is 0 Å². The Hall–Kier alpha value is -4.59. The maximum atomic E-state index is 14.4. The molecule has 1 unspecified atom stereocenters. The van der Waals surface area contributed by atoms with Crippen LogP contribution in [-0.2, 0) is 16.1 Å². The van der Waals surface area contributed by atoms with Crippen molar-refractivity contribution in [1.29, 1.82) is 0 Å². The zero-order chi connectivity index (χ0) is 28.4. The second kappa shape index (κ2) is 10.9. The Labute approximate surface area is 234 Å². The summed E-state index contributed by atoms with van der Waals surface area (Å²) in [6.07, 6.45) is 2.47. The van der Waals surface area contributed by atoms with Crippen molar-refractivity contribution in [1.82, 2.24) is 25.3 Å². The predicted octanol–water partition coefficient (Wildman–Crippen LogP) is 5.68. The van der Waals surface area contributed by atoms with Crippen LogP contribution in [0, 0.1) is 13.8 Å². The first-order valence-electron chi connectivity index (χ1n) is 13.5. The second-order valence-corrected chi connectivity index (χ2v) is 10.9. The highest BCUT2D eigenvalue weighted by Crippen LogP contribution is 2.33. The molecular formula is C32H34N6O2. The zero-order valence-electron chi connectivity index (χ0n) is 23.5. The third-order valence-electron chi connectivity index (χ3n) is 7.38. The van der Waals surface area contributed by atoms with Crippen LogP contribution in [0.1, 0.15) is 49.9 Å². The molecule has 0 fully saturated rings. The molecule has 3 aromatic carbocycles. The number of aryl methyl sites for hydroxylation is 2. The number of hydrogen-bond acceptors (Lipinski definition) is 5. The molecular weight excluding hydrogens is 500 g/mol. The van der Waals surface area contributed by atoms with Crippen LogP contribution in [0.4, 0.5) is 5.69 Å². The summed E-state index contributed by atoms with van der Waals surface area (Å²) in [6, 6.07) is 22.0. The van der Waals surface area contributed by atoms with Gasteiger partial charge in [-0.05, 0) is 81.6 Å². The van der Waals surface area contributed by atoms with Crippen molar-refractivity contribution < 1.29 is 9.59 Å². The van der Waals surface area contributed by atoms with Crippen LogP contribution in [0.25, 0.3) is 21.9 Å². The fourth-order valence-electron chi connectivity index (χ4n) is 4.90. The van der Waals surface area contributed by atoms with E-state index in [0.29, 0.717) is 16.8 Å². The molecule has 2 aromatic heterocycles. The number of carbonyl (C=O) groups is 2. The fourth-order valence-corrected chi connectivity index (χ4v) is 4.90. The van der Waals surface area contributed by atoms with Gasteiger partial charge in [0.05, 0.1) is 11.0 Å². The average Bonchev–Trinajstić information content (AvgIpc) is 3.34. The Bertz CT molecular complexity index is 1710. The zero-order valence-corrected chi connectivity index (χ0v) is 23.5. The summed E-state index contributed by atoms with van der Waals surface area (Å²) in [7, 11) is 0. The van der Waals surface area contributed by atoms with Crippen LogP contribution in [0.5, 0.6) is 0 Å². The van der Waals surface area contributed by atoms with E-state index >= 15 is 0 Å². The third-order valence-corrected chi connectivity index (χ3v) is 7.38. The Morgan fingerprint density at radius 3 is 2.55 bits per heavy atom. The van der Waals surface area contributed by atoms with Gasteiger partial charge in [0.15, 0.2) is 0 Å². The van der Waals surface area contributed by atoms with E-state index < -0.39 is 11.6 Å². The monoisotopic (exact) mass is 534 g/mol. The van der Waals surface area contributed by atoms with E-state index in [1.54, 1.807) is 15.8 Å². The Balaban J connectivity index is 1.67. The van der Waals surface area contributed by atoms with Gasteiger partial charge in [0.1, 0.15) is 18.1 Å². The highest BCUT2D eigenvalue weighted by atomic mass is 16.2. The molecule has 0 aliphatic carbocycles. The number of amides is 2. The molecule has 1 N–H and O–H groups in total. The highest BCUT2D eigenvalue weighted by Gasteiger charge is 2.36. The lowest BCUT2D eigenvalue weighted by Crippen LogP contribution is -2.51. The minimum Gasteiger partial charge on any atom is -0.349 e. The second-order valence-electron chi connectivity index (χ2n) is 10.9. The molecule has 2 heterocycles. The Morgan fingerprint density at radius 2 is 1.77 bits per heavy atom. The summed E-state index contributed by atoms with van der Waals surface area (Å²) in [5.74, 6) is -0.532. The summed E-state index contributed by atoms with van der Waals surface area (Å²) >= 11 is 0. The molecule has 8 nitrogen and oxygen atoms in total. The molecule has 2 amide bonds. The van der Waals surface area contributed by atoms with Crippen molar-refractivity contribution >= 4 is 39.4 Å². The number of carbonyl (C=O) groups excluding carboxylic acids is 2. The molecule has 8 heteroatoms. The van der Waals surface area contributed by atoms with E-state index in [1.807, 2.05) is 107 Å². The molecule has 5 rings (SSSR count). The van der Waals surface area contributed by atoms with Crippen LogP contribution in [0.15, 0.2) is 79.0 Å². The van der Waals surface area contributed by atoms with Gasteiger partial charge in [-0.3, -0.25) is 19.5 Å². The molecule has 0 aliphatic rings. The minimum atomic E-state index is -0.931. The van der Waals surface area contributed by atoms with Gasteiger partial charge in [0, 0.05) is 22.8 Å². The number of nitrogens with one attached hydrogen (secondary N) is 1. The molecule has 0 spiro atoms. The van der Waals surface area contributed by atoms with Crippen molar-refractivity contribution in [3.63, 3.8) is 0 Å². The molecule has 0 saturated heterocycles. The minimum absolute atomic E-state index is 0.0794. The molecule has 0 aliphatic heterocycles. The number of benzene rings is 3. The summed E-state index contributed by atoms with van der Waals surface area (Å²) in [5.41, 5.74) is 5.14. The standard InChI is InChI=1S/C32H34N6O2/c1-6-32(4,5)34-31(40)30(24-14-15-25-23(19-24)10-9-17-33-25)38(27-16-13-21(2)18-22(27)3)29(39)20-37-28-12-8-7-11-26(28)35-36-37/h7-19,30H,6,20H2,1-5H3,(H,34,40).